The summed E-state index contributed by atoms with van der Waals surface area (Å²) in [5, 5.41) is 2.65. The Morgan fingerprint density at radius 1 is 1.43 bits per heavy atom. The monoisotopic (exact) mass is 472 g/mol. The van der Waals surface area contributed by atoms with Gasteiger partial charge in [-0.1, -0.05) is 0 Å². The lowest BCUT2D eigenvalue weighted by molar-refractivity contribution is 0.0526. The number of ether oxygens (including phenoxy) is 2. The molecule has 1 aromatic heterocycles. The lowest BCUT2D eigenvalue weighted by Gasteiger charge is -2.19. The molecule has 0 aromatic carbocycles. The highest BCUT2D eigenvalue weighted by Gasteiger charge is 2.20. The minimum atomic E-state index is -0.535. The van der Waals surface area contributed by atoms with Gasteiger partial charge < -0.3 is 19.4 Å². The van der Waals surface area contributed by atoms with E-state index in [4.69, 9.17) is 9.47 Å². The second kappa shape index (κ2) is 7.48. The van der Waals surface area contributed by atoms with Crippen LogP contribution < -0.4 is 5.32 Å². The zero-order valence-corrected chi connectivity index (χ0v) is 16.1. The van der Waals surface area contributed by atoms with Crippen LogP contribution in [0.25, 0.3) is 0 Å². The smallest absolute Gasteiger partial charge is 0.407 e. The van der Waals surface area contributed by atoms with Crippen LogP contribution in [-0.2, 0) is 16.0 Å². The predicted molar refractivity (Wildman–Crippen MR) is 90.4 cm³/mol. The molecule has 0 aliphatic carbocycles. The summed E-state index contributed by atoms with van der Waals surface area (Å²) in [5.74, 6) is -0.429. The van der Waals surface area contributed by atoms with Gasteiger partial charge in [-0.05, 0) is 59.3 Å². The molecule has 0 bridgehead atoms. The Morgan fingerprint density at radius 3 is 2.57 bits per heavy atom. The number of nitrogens with zero attached hydrogens (tertiary/aromatic N) is 1. The van der Waals surface area contributed by atoms with Crippen molar-refractivity contribution in [2.75, 3.05) is 13.7 Å². The van der Waals surface area contributed by atoms with Crippen molar-refractivity contribution in [3.8, 4) is 0 Å². The summed E-state index contributed by atoms with van der Waals surface area (Å²) in [6.07, 6.45) is 1.33. The second-order valence-electron chi connectivity index (χ2n) is 5.25. The van der Waals surface area contributed by atoms with Crippen molar-refractivity contribution in [1.82, 2.24) is 9.88 Å². The maximum absolute atomic E-state index is 11.8. The van der Waals surface area contributed by atoms with Crippen molar-refractivity contribution in [2.24, 2.45) is 0 Å². The molecule has 1 rings (SSSR count). The number of alkyl carbamates (subject to hydrolysis) is 1. The fraction of sp³-hybridized carbons (Fsp3) is 0.538. The van der Waals surface area contributed by atoms with Gasteiger partial charge in [0.1, 0.15) is 11.3 Å². The number of hydrogen-bond acceptors (Lipinski definition) is 4. The molecule has 0 saturated heterocycles. The predicted octanol–water partition coefficient (Wildman–Crippen LogP) is 3.17. The Morgan fingerprint density at radius 2 is 2.05 bits per heavy atom. The molecular formula is C13H18BrIN2O4. The zero-order chi connectivity index (χ0) is 16.2. The minimum Gasteiger partial charge on any atom is -0.464 e. The first kappa shape index (κ1) is 18.3. The molecule has 0 saturated carbocycles. The minimum absolute atomic E-state index is 0.343. The fourth-order valence-electron chi connectivity index (χ4n) is 1.57. The van der Waals surface area contributed by atoms with Crippen molar-refractivity contribution in [1.29, 1.82) is 0 Å². The molecule has 0 spiro atoms. The highest BCUT2D eigenvalue weighted by molar-refractivity contribution is 14.1. The van der Waals surface area contributed by atoms with Gasteiger partial charge in [-0.2, -0.15) is 0 Å². The number of nitrogens with one attached hydrogen (secondary N) is 1. The first-order chi connectivity index (χ1) is 9.65. The summed E-state index contributed by atoms with van der Waals surface area (Å²) in [7, 11) is 1.33. The highest BCUT2D eigenvalue weighted by atomic mass is 127. The molecule has 118 valence electrons. The van der Waals surface area contributed by atoms with E-state index >= 15 is 0 Å². The van der Waals surface area contributed by atoms with Crippen molar-refractivity contribution >= 4 is 50.6 Å². The van der Waals surface area contributed by atoms with Crippen LogP contribution in [0.5, 0.6) is 0 Å². The van der Waals surface area contributed by atoms with Crippen LogP contribution in [0.4, 0.5) is 4.79 Å². The van der Waals surface area contributed by atoms with Crippen LogP contribution in [0, 0.1) is 3.57 Å². The van der Waals surface area contributed by atoms with E-state index in [2.05, 4.69) is 43.8 Å². The van der Waals surface area contributed by atoms with E-state index in [0.717, 1.165) is 3.57 Å². The van der Waals surface area contributed by atoms with Crippen molar-refractivity contribution in [3.05, 3.63) is 19.9 Å². The quantitative estimate of drug-likeness (QED) is 0.539. The Labute approximate surface area is 145 Å². The number of methoxy groups -OCH3 is 1. The first-order valence-corrected chi connectivity index (χ1v) is 8.12. The molecule has 1 heterocycles. The molecule has 0 radical (unpaired) electrons. The Hall–Kier alpha value is -0.770. The van der Waals surface area contributed by atoms with Gasteiger partial charge in [0, 0.05) is 22.9 Å². The molecule has 1 amide bonds. The lowest BCUT2D eigenvalue weighted by Crippen LogP contribution is -2.34. The molecule has 0 aliphatic rings. The molecule has 1 N–H and O–H groups in total. The van der Waals surface area contributed by atoms with E-state index in [9.17, 15) is 9.59 Å². The van der Waals surface area contributed by atoms with Gasteiger partial charge in [-0.25, -0.2) is 9.59 Å². The SMILES string of the molecule is COC(=O)c1c(Br)c(I)cn1CCNC(=O)OC(C)(C)C. The van der Waals surface area contributed by atoms with Gasteiger partial charge in [0.05, 0.1) is 11.6 Å². The molecular weight excluding hydrogens is 455 g/mol. The number of rotatable bonds is 4. The van der Waals surface area contributed by atoms with Gasteiger partial charge in [-0.3, -0.25) is 0 Å². The van der Waals surface area contributed by atoms with Gasteiger partial charge in [-0.15, -0.1) is 0 Å². The Bertz CT molecular complexity index is 537. The van der Waals surface area contributed by atoms with E-state index in [0.29, 0.717) is 23.3 Å². The molecule has 0 fully saturated rings. The first-order valence-electron chi connectivity index (χ1n) is 6.25. The second-order valence-corrected chi connectivity index (χ2v) is 7.21. The average molecular weight is 473 g/mol. The van der Waals surface area contributed by atoms with Gasteiger partial charge >= 0.3 is 12.1 Å². The number of hydrogen-bond donors (Lipinski definition) is 1. The van der Waals surface area contributed by atoms with E-state index in [1.165, 1.54) is 7.11 Å². The number of aromatic nitrogens is 1. The summed E-state index contributed by atoms with van der Waals surface area (Å²) < 4.78 is 13.2. The molecule has 0 unspecified atom stereocenters. The molecule has 21 heavy (non-hydrogen) atoms. The summed E-state index contributed by atoms with van der Waals surface area (Å²) in [6.45, 7) is 6.18. The molecule has 8 heteroatoms. The van der Waals surface area contributed by atoms with E-state index in [-0.39, 0.29) is 0 Å². The summed E-state index contributed by atoms with van der Waals surface area (Å²) >= 11 is 5.48. The van der Waals surface area contributed by atoms with Crippen LogP contribution in [0.15, 0.2) is 10.7 Å². The summed E-state index contributed by atoms with van der Waals surface area (Å²) in [5.41, 5.74) is -0.111. The van der Waals surface area contributed by atoms with E-state index in [1.54, 1.807) is 25.3 Å². The van der Waals surface area contributed by atoms with Gasteiger partial charge in [0.15, 0.2) is 0 Å². The number of carbonyl (C=O) groups is 2. The molecule has 6 nitrogen and oxygen atoms in total. The number of halogens is 2. The third kappa shape index (κ3) is 5.50. The van der Waals surface area contributed by atoms with E-state index < -0.39 is 17.7 Å². The summed E-state index contributed by atoms with van der Waals surface area (Å²) in [6, 6.07) is 0. The van der Waals surface area contributed by atoms with Crippen molar-refractivity contribution in [2.45, 2.75) is 32.9 Å². The molecule has 0 aliphatic heterocycles. The van der Waals surface area contributed by atoms with E-state index in [1.807, 2.05) is 6.20 Å². The standard InChI is InChI=1S/C13H18BrIN2O4/c1-13(2,3)21-12(19)16-5-6-17-7-8(15)9(14)10(17)11(18)20-4/h7H,5-6H2,1-4H3,(H,16,19). The average Bonchev–Trinajstić information content (AvgIpc) is 2.62. The number of esters is 1. The third-order valence-electron chi connectivity index (χ3n) is 2.37. The summed E-state index contributed by atoms with van der Waals surface area (Å²) in [4.78, 5) is 23.3. The normalized spacial score (nSPS) is 11.1. The van der Waals surface area contributed by atoms with Crippen LogP contribution in [0.2, 0.25) is 0 Å². The molecule has 0 atom stereocenters. The lowest BCUT2D eigenvalue weighted by atomic mass is 10.2. The maximum Gasteiger partial charge on any atom is 0.407 e. The molecule has 1 aromatic rings. The van der Waals surface area contributed by atoms with Crippen LogP contribution in [0.1, 0.15) is 31.3 Å². The van der Waals surface area contributed by atoms with Crippen LogP contribution in [-0.4, -0.2) is 35.9 Å². The fourth-order valence-corrected chi connectivity index (χ4v) is 2.65. The van der Waals surface area contributed by atoms with Gasteiger partial charge in [0.2, 0.25) is 0 Å². The highest BCUT2D eigenvalue weighted by Crippen LogP contribution is 2.26. The number of amides is 1. The Balaban J connectivity index is 2.66. The van der Waals surface area contributed by atoms with Crippen LogP contribution >= 0.6 is 38.5 Å². The Kier molecular flexibility index (Phi) is 6.51. The number of carbonyl (C=O) groups excluding carboxylic acids is 2. The van der Waals surface area contributed by atoms with Crippen LogP contribution in [0.3, 0.4) is 0 Å². The third-order valence-corrected chi connectivity index (χ3v) is 4.74. The van der Waals surface area contributed by atoms with Crippen molar-refractivity contribution < 1.29 is 19.1 Å². The largest absolute Gasteiger partial charge is 0.464 e. The van der Waals surface area contributed by atoms with Crippen molar-refractivity contribution in [3.63, 3.8) is 0 Å². The zero-order valence-electron chi connectivity index (χ0n) is 12.3. The maximum atomic E-state index is 11.8. The van der Waals surface area contributed by atoms with Gasteiger partial charge in [0.25, 0.3) is 0 Å². The topological polar surface area (TPSA) is 69.6 Å².